The van der Waals surface area contributed by atoms with Gasteiger partial charge in [-0.05, 0) is 28.8 Å². The van der Waals surface area contributed by atoms with Gasteiger partial charge in [0.2, 0.25) is 5.91 Å². The Balaban J connectivity index is 1.72. The molecule has 2 aromatic carbocycles. The minimum atomic E-state index is -0.0675. The molecule has 0 radical (unpaired) electrons. The van der Waals surface area contributed by atoms with Crippen LogP contribution in [0.4, 0.5) is 0 Å². The number of hydrogen-bond acceptors (Lipinski definition) is 6. The van der Waals surface area contributed by atoms with Crippen LogP contribution in [-0.4, -0.2) is 34.4 Å². The van der Waals surface area contributed by atoms with Crippen molar-refractivity contribution >= 4 is 35.3 Å². The second-order valence-corrected chi connectivity index (χ2v) is 5.96. The molecule has 2 aromatic rings. The van der Waals surface area contributed by atoms with E-state index in [1.807, 2.05) is 24.3 Å². The number of thioether (sulfide) groups is 1. The Morgan fingerprint density at radius 3 is 2.50 bits per heavy atom. The molecule has 1 fully saturated rings. The minimum absolute atomic E-state index is 0.0416. The molecule has 0 aliphatic carbocycles. The highest BCUT2D eigenvalue weighted by molar-refractivity contribution is 8.15. The molecule has 0 saturated carbocycles. The predicted molar refractivity (Wildman–Crippen MR) is 94.6 cm³/mol. The van der Waals surface area contributed by atoms with Gasteiger partial charge in [-0.15, -0.1) is 5.10 Å². The van der Waals surface area contributed by atoms with Gasteiger partial charge in [0.1, 0.15) is 5.75 Å². The number of phenolic OH excluding ortho intramolecular Hbond substituents is 1. The number of nitrogens with zero attached hydrogens (tertiary/aromatic N) is 2. The normalized spacial score (nSPS) is 15.8. The molecular weight excluding hydrogens is 326 g/mol. The lowest BCUT2D eigenvalue weighted by molar-refractivity contribution is -0.116. The molecule has 7 heteroatoms. The van der Waals surface area contributed by atoms with Crippen molar-refractivity contribution in [3.63, 3.8) is 0 Å². The highest BCUT2D eigenvalue weighted by Gasteiger charge is 2.15. The van der Waals surface area contributed by atoms with Crippen LogP contribution >= 0.6 is 11.8 Å². The number of aldehydes is 1. The molecule has 1 aliphatic rings. The molecule has 1 aliphatic heterocycles. The first-order chi connectivity index (χ1) is 11.7. The van der Waals surface area contributed by atoms with Crippen molar-refractivity contribution in [1.29, 1.82) is 0 Å². The zero-order valence-electron chi connectivity index (χ0n) is 12.5. The third-order valence-corrected chi connectivity index (χ3v) is 4.21. The maximum absolute atomic E-state index is 11.0. The third-order valence-electron chi connectivity index (χ3n) is 3.34. The minimum Gasteiger partial charge on any atom is -0.507 e. The van der Waals surface area contributed by atoms with E-state index in [1.54, 1.807) is 24.4 Å². The standard InChI is InChI=1S/C17H13N3O3S/c21-9-14-6-5-13(7-15(14)22)12-3-1-11(2-4-12)8-18-20-17-19-16(23)10-24-17/h1-9,22H,10H2,(H,19,20,23). The first-order valence-electron chi connectivity index (χ1n) is 7.08. The van der Waals surface area contributed by atoms with E-state index < -0.39 is 0 Å². The van der Waals surface area contributed by atoms with Crippen LogP contribution in [0, 0.1) is 0 Å². The molecule has 3 rings (SSSR count). The molecule has 0 spiro atoms. The second kappa shape index (κ2) is 7.10. The lowest BCUT2D eigenvalue weighted by Crippen LogP contribution is -2.19. The number of carbonyl (C=O) groups is 2. The zero-order chi connectivity index (χ0) is 16.9. The van der Waals surface area contributed by atoms with E-state index in [-0.39, 0.29) is 17.2 Å². The molecule has 1 saturated heterocycles. The molecule has 0 atom stereocenters. The number of aromatic hydroxyl groups is 1. The molecule has 6 nitrogen and oxygen atoms in total. The number of carbonyl (C=O) groups excluding carboxylic acids is 2. The highest BCUT2D eigenvalue weighted by Crippen LogP contribution is 2.25. The summed E-state index contributed by atoms with van der Waals surface area (Å²) in [6.45, 7) is 0. The summed E-state index contributed by atoms with van der Waals surface area (Å²) in [5.74, 6) is 0.265. The Labute approximate surface area is 142 Å². The molecule has 1 heterocycles. The van der Waals surface area contributed by atoms with Crippen LogP contribution in [-0.2, 0) is 4.79 Å². The summed E-state index contributed by atoms with van der Waals surface area (Å²) in [5, 5.41) is 20.7. The van der Waals surface area contributed by atoms with Crippen molar-refractivity contribution in [2.75, 3.05) is 5.75 Å². The third kappa shape index (κ3) is 3.69. The number of amidine groups is 1. The fourth-order valence-electron chi connectivity index (χ4n) is 2.11. The van der Waals surface area contributed by atoms with Gasteiger partial charge in [-0.1, -0.05) is 42.1 Å². The Bertz CT molecular complexity index is 845. The van der Waals surface area contributed by atoms with Crippen molar-refractivity contribution in [2.45, 2.75) is 0 Å². The molecule has 1 amide bonds. The first-order valence-corrected chi connectivity index (χ1v) is 8.06. The summed E-state index contributed by atoms with van der Waals surface area (Å²) in [4.78, 5) is 21.7. The summed E-state index contributed by atoms with van der Waals surface area (Å²) in [5.41, 5.74) is 2.83. The zero-order valence-corrected chi connectivity index (χ0v) is 13.3. The average molecular weight is 339 g/mol. The van der Waals surface area contributed by atoms with Crippen LogP contribution in [0.5, 0.6) is 5.75 Å². The van der Waals surface area contributed by atoms with Gasteiger partial charge in [-0.25, -0.2) is 0 Å². The lowest BCUT2D eigenvalue weighted by Gasteiger charge is -2.04. The van der Waals surface area contributed by atoms with Crippen LogP contribution in [0.1, 0.15) is 15.9 Å². The fraction of sp³-hybridized carbons (Fsp3) is 0.0588. The maximum atomic E-state index is 11.0. The molecule has 120 valence electrons. The molecule has 24 heavy (non-hydrogen) atoms. The fourth-order valence-corrected chi connectivity index (χ4v) is 2.74. The Hall–Kier alpha value is -2.93. The van der Waals surface area contributed by atoms with E-state index >= 15 is 0 Å². The molecular formula is C17H13N3O3S. The van der Waals surface area contributed by atoms with Crippen molar-refractivity contribution < 1.29 is 14.7 Å². The number of phenols is 1. The second-order valence-electron chi connectivity index (χ2n) is 5.00. The van der Waals surface area contributed by atoms with Gasteiger partial charge in [-0.2, -0.15) is 5.10 Å². The van der Waals surface area contributed by atoms with Crippen LogP contribution in [0.15, 0.2) is 52.7 Å². The first kappa shape index (κ1) is 15.9. The van der Waals surface area contributed by atoms with E-state index in [2.05, 4.69) is 15.5 Å². The summed E-state index contributed by atoms with van der Waals surface area (Å²) in [6, 6.07) is 12.4. The quantitative estimate of drug-likeness (QED) is 0.508. The summed E-state index contributed by atoms with van der Waals surface area (Å²) in [7, 11) is 0. The number of amides is 1. The molecule has 2 N–H and O–H groups in total. The molecule has 0 bridgehead atoms. The smallest absolute Gasteiger partial charge is 0.236 e. The summed E-state index contributed by atoms with van der Waals surface area (Å²) in [6.07, 6.45) is 2.21. The lowest BCUT2D eigenvalue weighted by atomic mass is 10.0. The monoisotopic (exact) mass is 339 g/mol. The van der Waals surface area contributed by atoms with Crippen LogP contribution in [0.25, 0.3) is 11.1 Å². The van der Waals surface area contributed by atoms with Crippen LogP contribution in [0.3, 0.4) is 0 Å². The summed E-state index contributed by atoms with van der Waals surface area (Å²) < 4.78 is 0. The Kier molecular flexibility index (Phi) is 4.72. The van der Waals surface area contributed by atoms with Crippen LogP contribution in [0.2, 0.25) is 0 Å². The number of rotatable bonds is 4. The largest absolute Gasteiger partial charge is 0.507 e. The van der Waals surface area contributed by atoms with Gasteiger partial charge in [0.25, 0.3) is 0 Å². The maximum Gasteiger partial charge on any atom is 0.236 e. The van der Waals surface area contributed by atoms with Crippen molar-refractivity contribution in [3.8, 4) is 16.9 Å². The number of benzene rings is 2. The van der Waals surface area contributed by atoms with E-state index in [1.165, 1.54) is 11.8 Å². The van der Waals surface area contributed by atoms with E-state index in [9.17, 15) is 14.7 Å². The topological polar surface area (TPSA) is 91.1 Å². The Morgan fingerprint density at radius 2 is 1.88 bits per heavy atom. The average Bonchev–Trinajstić information content (AvgIpc) is 3.01. The predicted octanol–water partition coefficient (Wildman–Crippen LogP) is 2.42. The van der Waals surface area contributed by atoms with E-state index in [4.69, 9.17) is 0 Å². The van der Waals surface area contributed by atoms with Gasteiger partial charge >= 0.3 is 0 Å². The van der Waals surface area contributed by atoms with Crippen LogP contribution < -0.4 is 5.32 Å². The van der Waals surface area contributed by atoms with E-state index in [0.717, 1.165) is 16.7 Å². The van der Waals surface area contributed by atoms with Crippen molar-refractivity contribution in [2.24, 2.45) is 10.2 Å². The number of nitrogens with one attached hydrogen (secondary N) is 1. The molecule has 0 unspecified atom stereocenters. The van der Waals surface area contributed by atoms with Gasteiger partial charge in [0.15, 0.2) is 11.5 Å². The number of hydrogen-bond donors (Lipinski definition) is 2. The SMILES string of the molecule is O=Cc1ccc(-c2ccc(C=NN=C3NC(=O)CS3)cc2)cc1O. The van der Waals surface area contributed by atoms with E-state index in [0.29, 0.717) is 17.2 Å². The highest BCUT2D eigenvalue weighted by atomic mass is 32.2. The van der Waals surface area contributed by atoms with Crippen molar-refractivity contribution in [1.82, 2.24) is 5.32 Å². The van der Waals surface area contributed by atoms with Gasteiger partial charge in [0, 0.05) is 0 Å². The van der Waals surface area contributed by atoms with Gasteiger partial charge in [-0.3, -0.25) is 9.59 Å². The summed E-state index contributed by atoms with van der Waals surface area (Å²) >= 11 is 1.32. The Morgan fingerprint density at radius 1 is 1.12 bits per heavy atom. The van der Waals surface area contributed by atoms with Crippen molar-refractivity contribution in [3.05, 3.63) is 53.6 Å². The van der Waals surface area contributed by atoms with Gasteiger partial charge < -0.3 is 10.4 Å². The van der Waals surface area contributed by atoms with Gasteiger partial charge in [0.05, 0.1) is 17.5 Å². The molecule has 0 aromatic heterocycles.